The number of ether oxygens (including phenoxy) is 3. The summed E-state index contributed by atoms with van der Waals surface area (Å²) in [4.78, 5) is 2.27. The van der Waals surface area contributed by atoms with E-state index in [1.807, 2.05) is 0 Å². The van der Waals surface area contributed by atoms with Crippen molar-refractivity contribution in [1.82, 2.24) is 4.90 Å². The smallest absolute Gasteiger partial charge is 0.158 e. The Morgan fingerprint density at radius 1 is 1.40 bits per heavy atom. The van der Waals surface area contributed by atoms with E-state index in [0.717, 1.165) is 39.2 Å². The summed E-state index contributed by atoms with van der Waals surface area (Å²) in [5.41, 5.74) is 0. The van der Waals surface area contributed by atoms with E-state index >= 15 is 0 Å². The zero-order valence-electron chi connectivity index (χ0n) is 10.1. The molecule has 0 aromatic heterocycles. The van der Waals surface area contributed by atoms with Gasteiger partial charge in [0.2, 0.25) is 0 Å². The van der Waals surface area contributed by atoms with Gasteiger partial charge in [0, 0.05) is 26.1 Å². The average molecular weight is 217 g/mol. The Kier molecular flexibility index (Phi) is 6.17. The topological polar surface area (TPSA) is 30.9 Å². The maximum atomic E-state index is 5.49. The van der Waals surface area contributed by atoms with Crippen LogP contribution in [0.2, 0.25) is 0 Å². The van der Waals surface area contributed by atoms with Crippen molar-refractivity contribution >= 4 is 0 Å². The molecule has 4 nitrogen and oxygen atoms in total. The van der Waals surface area contributed by atoms with Crippen LogP contribution in [0, 0.1) is 0 Å². The third kappa shape index (κ3) is 4.93. The maximum absolute atomic E-state index is 5.49. The molecule has 0 saturated carbocycles. The fraction of sp³-hybridized carbons (Fsp3) is 1.00. The fourth-order valence-corrected chi connectivity index (χ4v) is 1.60. The van der Waals surface area contributed by atoms with Gasteiger partial charge in [-0.15, -0.1) is 0 Å². The van der Waals surface area contributed by atoms with Crippen LogP contribution in [-0.4, -0.2) is 57.8 Å². The quantitative estimate of drug-likeness (QED) is 0.667. The molecule has 0 aromatic rings. The van der Waals surface area contributed by atoms with Crippen molar-refractivity contribution in [2.45, 2.75) is 32.1 Å². The van der Waals surface area contributed by atoms with Crippen LogP contribution >= 0.6 is 0 Å². The van der Waals surface area contributed by atoms with Gasteiger partial charge >= 0.3 is 0 Å². The summed E-state index contributed by atoms with van der Waals surface area (Å²) in [6.07, 6.45) is 1.95. The molecule has 0 bridgehead atoms. The van der Waals surface area contributed by atoms with Gasteiger partial charge in [0.15, 0.2) is 6.29 Å². The van der Waals surface area contributed by atoms with E-state index in [1.54, 1.807) is 7.11 Å². The minimum atomic E-state index is -0.00375. The van der Waals surface area contributed by atoms with Gasteiger partial charge in [-0.1, -0.05) is 0 Å². The van der Waals surface area contributed by atoms with E-state index in [-0.39, 0.29) is 6.29 Å². The molecule has 1 saturated heterocycles. The molecule has 0 aliphatic carbocycles. The summed E-state index contributed by atoms with van der Waals surface area (Å²) >= 11 is 0. The normalized spacial score (nSPS) is 20.8. The van der Waals surface area contributed by atoms with Gasteiger partial charge in [-0.3, -0.25) is 0 Å². The summed E-state index contributed by atoms with van der Waals surface area (Å²) in [6.45, 7) is 5.58. The van der Waals surface area contributed by atoms with Gasteiger partial charge in [-0.25, -0.2) is 0 Å². The molecule has 90 valence electrons. The standard InChI is InChI=1S/C11H23NO3/c1-10(9-13-3)12(2)6-5-11-14-7-4-8-15-11/h10-11H,4-9H2,1-3H3. The zero-order valence-corrected chi connectivity index (χ0v) is 10.1. The van der Waals surface area contributed by atoms with Gasteiger partial charge in [0.25, 0.3) is 0 Å². The molecule has 1 aliphatic rings. The Balaban J connectivity index is 2.11. The molecule has 0 aromatic carbocycles. The Labute approximate surface area is 92.5 Å². The molecule has 15 heavy (non-hydrogen) atoms. The van der Waals surface area contributed by atoms with E-state index in [9.17, 15) is 0 Å². The number of methoxy groups -OCH3 is 1. The molecule has 4 heteroatoms. The average Bonchev–Trinajstić information content (AvgIpc) is 2.27. The van der Waals surface area contributed by atoms with Crippen molar-refractivity contribution in [3.05, 3.63) is 0 Å². The summed E-state index contributed by atoms with van der Waals surface area (Å²) in [5.74, 6) is 0. The van der Waals surface area contributed by atoms with Crippen molar-refractivity contribution in [1.29, 1.82) is 0 Å². The van der Waals surface area contributed by atoms with Gasteiger partial charge in [0.1, 0.15) is 0 Å². The van der Waals surface area contributed by atoms with E-state index < -0.39 is 0 Å². The first-order valence-electron chi connectivity index (χ1n) is 5.66. The summed E-state index contributed by atoms with van der Waals surface area (Å²) < 4.78 is 16.1. The lowest BCUT2D eigenvalue weighted by Gasteiger charge is -2.28. The summed E-state index contributed by atoms with van der Waals surface area (Å²) in [6, 6.07) is 0.443. The summed E-state index contributed by atoms with van der Waals surface area (Å²) in [5, 5.41) is 0. The second kappa shape index (κ2) is 7.17. The molecule has 0 radical (unpaired) electrons. The molecular weight excluding hydrogens is 194 g/mol. The summed E-state index contributed by atoms with van der Waals surface area (Å²) in [7, 11) is 3.84. The van der Waals surface area contributed by atoms with Crippen LogP contribution in [0.3, 0.4) is 0 Å². The third-order valence-electron chi connectivity index (χ3n) is 2.77. The number of hydrogen-bond donors (Lipinski definition) is 0. The number of nitrogens with zero attached hydrogens (tertiary/aromatic N) is 1. The van der Waals surface area contributed by atoms with E-state index in [4.69, 9.17) is 14.2 Å². The molecule has 1 atom stereocenters. The third-order valence-corrected chi connectivity index (χ3v) is 2.77. The molecule has 1 fully saturated rings. The molecule has 1 rings (SSSR count). The monoisotopic (exact) mass is 217 g/mol. The van der Waals surface area contributed by atoms with Crippen LogP contribution in [0.1, 0.15) is 19.8 Å². The lowest BCUT2D eigenvalue weighted by Crippen LogP contribution is -2.36. The lowest BCUT2D eigenvalue weighted by molar-refractivity contribution is -0.182. The highest BCUT2D eigenvalue weighted by molar-refractivity contribution is 4.63. The molecule has 0 N–H and O–H groups in total. The number of likely N-dealkylation sites (N-methyl/N-ethyl adjacent to an activating group) is 1. The highest BCUT2D eigenvalue weighted by Crippen LogP contribution is 2.09. The van der Waals surface area contributed by atoms with Crippen LogP contribution in [0.25, 0.3) is 0 Å². The fourth-order valence-electron chi connectivity index (χ4n) is 1.60. The SMILES string of the molecule is COCC(C)N(C)CCC1OCCCO1. The van der Waals surface area contributed by atoms with Crippen molar-refractivity contribution in [3.8, 4) is 0 Å². The van der Waals surface area contributed by atoms with Crippen LogP contribution in [0.15, 0.2) is 0 Å². The molecule has 1 heterocycles. The lowest BCUT2D eigenvalue weighted by atomic mass is 10.3. The van der Waals surface area contributed by atoms with E-state index in [0.29, 0.717) is 6.04 Å². The Bertz CT molecular complexity index is 160. The van der Waals surface area contributed by atoms with Crippen molar-refractivity contribution in [2.24, 2.45) is 0 Å². The first-order chi connectivity index (χ1) is 7.24. The predicted octanol–water partition coefficient (Wildman–Crippen LogP) is 1.11. The Hall–Kier alpha value is -0.160. The van der Waals surface area contributed by atoms with Crippen LogP contribution in [0.5, 0.6) is 0 Å². The van der Waals surface area contributed by atoms with Crippen molar-refractivity contribution in [2.75, 3.05) is 40.5 Å². The van der Waals surface area contributed by atoms with Gasteiger partial charge < -0.3 is 19.1 Å². The maximum Gasteiger partial charge on any atom is 0.158 e. The highest BCUT2D eigenvalue weighted by atomic mass is 16.7. The molecule has 0 spiro atoms. The van der Waals surface area contributed by atoms with Gasteiger partial charge in [-0.05, 0) is 20.4 Å². The van der Waals surface area contributed by atoms with Gasteiger partial charge in [-0.2, -0.15) is 0 Å². The second-order valence-corrected chi connectivity index (χ2v) is 4.10. The van der Waals surface area contributed by atoms with Gasteiger partial charge in [0.05, 0.1) is 19.8 Å². The second-order valence-electron chi connectivity index (χ2n) is 4.10. The van der Waals surface area contributed by atoms with E-state index in [2.05, 4.69) is 18.9 Å². The molecular formula is C11H23NO3. The van der Waals surface area contributed by atoms with Crippen LogP contribution < -0.4 is 0 Å². The Morgan fingerprint density at radius 2 is 2.07 bits per heavy atom. The molecule has 1 aliphatic heterocycles. The number of hydrogen-bond acceptors (Lipinski definition) is 4. The first kappa shape index (κ1) is 12.9. The largest absolute Gasteiger partial charge is 0.383 e. The highest BCUT2D eigenvalue weighted by Gasteiger charge is 2.16. The number of rotatable bonds is 6. The Morgan fingerprint density at radius 3 is 2.67 bits per heavy atom. The van der Waals surface area contributed by atoms with Crippen LogP contribution in [0.4, 0.5) is 0 Å². The van der Waals surface area contributed by atoms with Crippen LogP contribution in [-0.2, 0) is 14.2 Å². The molecule has 0 amide bonds. The van der Waals surface area contributed by atoms with E-state index in [1.165, 1.54) is 0 Å². The van der Waals surface area contributed by atoms with Crippen molar-refractivity contribution in [3.63, 3.8) is 0 Å². The molecule has 1 unspecified atom stereocenters. The van der Waals surface area contributed by atoms with Crippen molar-refractivity contribution < 1.29 is 14.2 Å². The zero-order chi connectivity index (χ0) is 11.1. The predicted molar refractivity (Wildman–Crippen MR) is 58.9 cm³/mol. The first-order valence-corrected chi connectivity index (χ1v) is 5.66. The minimum absolute atomic E-state index is 0.00375. The minimum Gasteiger partial charge on any atom is -0.383 e.